The number of rotatable bonds is 4. The molecule has 0 atom stereocenters. The molecule has 0 bridgehead atoms. The highest BCUT2D eigenvalue weighted by molar-refractivity contribution is 6.82. The highest BCUT2D eigenvalue weighted by atomic mass is 35.5. The number of hydrogen-bond acceptors (Lipinski definition) is 5. The topological polar surface area (TPSA) is 62.7 Å². The number of hydrogen-bond donors (Lipinski definition) is 2. The van der Waals surface area contributed by atoms with Crippen LogP contribution < -0.4 is 10.7 Å². The van der Waals surface area contributed by atoms with Crippen LogP contribution in [0.5, 0.6) is 0 Å². The van der Waals surface area contributed by atoms with Crippen LogP contribution in [0.2, 0.25) is 0 Å². The van der Waals surface area contributed by atoms with Crippen molar-refractivity contribution in [2.75, 3.05) is 23.9 Å². The van der Waals surface area contributed by atoms with E-state index in [0.717, 1.165) is 24.3 Å². The van der Waals surface area contributed by atoms with Gasteiger partial charge in [0.2, 0.25) is 5.17 Å². The molecule has 1 aliphatic heterocycles. The number of benzene rings is 1. The number of nitrogens with zero attached hydrogens (tertiary/aromatic N) is 1. The number of esters is 1. The first-order valence-electron chi connectivity index (χ1n) is 5.74. The molecule has 1 aliphatic rings. The van der Waals surface area contributed by atoms with Gasteiger partial charge in [0, 0.05) is 12.2 Å². The summed E-state index contributed by atoms with van der Waals surface area (Å²) in [7, 11) is 0. The number of anilines is 2. The van der Waals surface area contributed by atoms with E-state index in [-0.39, 0.29) is 11.8 Å². The van der Waals surface area contributed by atoms with Gasteiger partial charge in [-0.15, -0.1) is 0 Å². The van der Waals surface area contributed by atoms with Crippen LogP contribution in [-0.2, 0) is 16.0 Å². The van der Waals surface area contributed by atoms with Crippen LogP contribution in [0.1, 0.15) is 12.5 Å². The summed E-state index contributed by atoms with van der Waals surface area (Å²) in [5.41, 5.74) is 5.90. The summed E-state index contributed by atoms with van der Waals surface area (Å²) in [5, 5.41) is 6.83. The fourth-order valence-corrected chi connectivity index (χ4v) is 1.82. The van der Waals surface area contributed by atoms with Crippen molar-refractivity contribution in [2.45, 2.75) is 13.3 Å². The normalized spacial score (nSPS) is 13.8. The van der Waals surface area contributed by atoms with E-state index in [9.17, 15) is 4.79 Å². The van der Waals surface area contributed by atoms with Gasteiger partial charge >= 0.3 is 5.97 Å². The predicted molar refractivity (Wildman–Crippen MR) is 72.2 cm³/mol. The molecule has 2 rings (SSSR count). The van der Waals surface area contributed by atoms with E-state index >= 15 is 0 Å². The average molecular weight is 268 g/mol. The second-order valence-corrected chi connectivity index (χ2v) is 4.14. The summed E-state index contributed by atoms with van der Waals surface area (Å²) in [6.45, 7) is 2.93. The molecule has 1 heterocycles. The van der Waals surface area contributed by atoms with E-state index in [4.69, 9.17) is 16.3 Å². The zero-order chi connectivity index (χ0) is 13.0. The van der Waals surface area contributed by atoms with Gasteiger partial charge in [-0.1, -0.05) is 11.6 Å². The number of nitrogens with one attached hydrogen (secondary N) is 2. The number of hydrazone groups is 1. The second-order valence-electron chi connectivity index (χ2n) is 3.78. The lowest BCUT2D eigenvalue weighted by molar-refractivity contribution is -0.134. The Morgan fingerprint density at radius 2 is 2.44 bits per heavy atom. The Morgan fingerprint density at radius 1 is 1.61 bits per heavy atom. The summed E-state index contributed by atoms with van der Waals surface area (Å²) < 4.78 is 4.71. The highest BCUT2D eigenvalue weighted by Gasteiger charge is 2.11. The first-order chi connectivity index (χ1) is 8.70. The minimum Gasteiger partial charge on any atom is -0.461 e. The van der Waals surface area contributed by atoms with Gasteiger partial charge in [-0.3, -0.25) is 5.43 Å². The van der Waals surface area contributed by atoms with E-state index < -0.39 is 5.97 Å². The van der Waals surface area contributed by atoms with Crippen molar-refractivity contribution >= 4 is 34.1 Å². The molecule has 5 nitrogen and oxygen atoms in total. The fraction of sp³-hybridized carbons (Fsp3) is 0.333. The molecule has 1 aromatic rings. The summed E-state index contributed by atoms with van der Waals surface area (Å²) in [5.74, 6) is -0.630. The Kier molecular flexibility index (Phi) is 4.04. The van der Waals surface area contributed by atoms with Gasteiger partial charge in [0.05, 0.1) is 12.3 Å². The SMILES string of the molecule is CCOC(=O)/C(Cl)=N\Nc1ccc2c(c1)CCN2. The third-order valence-corrected chi connectivity index (χ3v) is 2.78. The van der Waals surface area contributed by atoms with Crippen LogP contribution in [0.3, 0.4) is 0 Å². The first kappa shape index (κ1) is 12.7. The Labute approximate surface area is 110 Å². The van der Waals surface area contributed by atoms with Gasteiger partial charge in [0.15, 0.2) is 0 Å². The molecule has 0 saturated heterocycles. The van der Waals surface area contributed by atoms with Crippen molar-refractivity contribution in [1.29, 1.82) is 0 Å². The van der Waals surface area contributed by atoms with Gasteiger partial charge in [-0.25, -0.2) is 4.79 Å². The Morgan fingerprint density at radius 3 is 3.22 bits per heavy atom. The first-order valence-corrected chi connectivity index (χ1v) is 6.11. The van der Waals surface area contributed by atoms with Gasteiger partial charge in [-0.2, -0.15) is 5.10 Å². The molecule has 0 aliphatic carbocycles. The molecule has 6 heteroatoms. The molecule has 0 unspecified atom stereocenters. The maximum Gasteiger partial charge on any atom is 0.370 e. The van der Waals surface area contributed by atoms with E-state index in [2.05, 4.69) is 15.8 Å². The Bertz CT molecular complexity index is 488. The molecule has 0 fully saturated rings. The fourth-order valence-electron chi connectivity index (χ4n) is 1.72. The summed E-state index contributed by atoms with van der Waals surface area (Å²) in [6, 6.07) is 5.82. The van der Waals surface area contributed by atoms with Crippen LogP contribution in [0.4, 0.5) is 11.4 Å². The molecule has 0 amide bonds. The molecule has 18 heavy (non-hydrogen) atoms. The standard InChI is InChI=1S/C12H14ClN3O2/c1-2-18-12(17)11(13)16-15-9-3-4-10-8(7-9)5-6-14-10/h3-4,7,14-15H,2,5-6H2,1H3/b16-11+. The molecular weight excluding hydrogens is 254 g/mol. The van der Waals surface area contributed by atoms with Crippen LogP contribution in [0, 0.1) is 0 Å². The van der Waals surface area contributed by atoms with Crippen molar-refractivity contribution in [3.8, 4) is 0 Å². The van der Waals surface area contributed by atoms with Crippen molar-refractivity contribution in [2.24, 2.45) is 5.10 Å². The van der Waals surface area contributed by atoms with Gasteiger partial charge in [0.1, 0.15) is 0 Å². The minimum absolute atomic E-state index is 0.213. The number of carbonyl (C=O) groups excluding carboxylic acids is 1. The van der Waals surface area contributed by atoms with E-state index in [1.54, 1.807) is 6.92 Å². The van der Waals surface area contributed by atoms with Crippen LogP contribution in [0.25, 0.3) is 0 Å². The van der Waals surface area contributed by atoms with E-state index in [0.29, 0.717) is 0 Å². The zero-order valence-electron chi connectivity index (χ0n) is 10.00. The number of fused-ring (bicyclic) bond motifs is 1. The molecular formula is C12H14ClN3O2. The lowest BCUT2D eigenvalue weighted by Crippen LogP contribution is -2.13. The minimum atomic E-state index is -0.630. The summed E-state index contributed by atoms with van der Waals surface area (Å²) in [6.07, 6.45) is 0.986. The smallest absolute Gasteiger partial charge is 0.370 e. The predicted octanol–water partition coefficient (Wildman–Crippen LogP) is 2.18. The van der Waals surface area contributed by atoms with Crippen molar-refractivity contribution in [3.05, 3.63) is 23.8 Å². The second kappa shape index (κ2) is 5.73. The monoisotopic (exact) mass is 267 g/mol. The van der Waals surface area contributed by atoms with Gasteiger partial charge < -0.3 is 10.1 Å². The van der Waals surface area contributed by atoms with Crippen molar-refractivity contribution in [1.82, 2.24) is 0 Å². The highest BCUT2D eigenvalue weighted by Crippen LogP contribution is 2.25. The Hall–Kier alpha value is -1.75. The molecule has 0 aromatic heterocycles. The summed E-state index contributed by atoms with van der Waals surface area (Å²) in [4.78, 5) is 11.2. The lowest BCUT2D eigenvalue weighted by atomic mass is 10.1. The lowest BCUT2D eigenvalue weighted by Gasteiger charge is -2.04. The Balaban J connectivity index is 2.01. The molecule has 96 valence electrons. The van der Waals surface area contributed by atoms with Crippen LogP contribution in [0.15, 0.2) is 23.3 Å². The van der Waals surface area contributed by atoms with Gasteiger partial charge in [-0.05, 0) is 37.1 Å². The van der Waals surface area contributed by atoms with Crippen LogP contribution >= 0.6 is 11.6 Å². The van der Waals surface area contributed by atoms with E-state index in [1.807, 2.05) is 18.2 Å². The number of ether oxygens (including phenoxy) is 1. The quantitative estimate of drug-likeness (QED) is 0.499. The largest absolute Gasteiger partial charge is 0.461 e. The molecule has 0 radical (unpaired) electrons. The van der Waals surface area contributed by atoms with Crippen LogP contribution in [-0.4, -0.2) is 24.3 Å². The molecule has 2 N–H and O–H groups in total. The van der Waals surface area contributed by atoms with Crippen molar-refractivity contribution in [3.63, 3.8) is 0 Å². The maximum absolute atomic E-state index is 11.2. The van der Waals surface area contributed by atoms with Gasteiger partial charge in [0.25, 0.3) is 0 Å². The zero-order valence-corrected chi connectivity index (χ0v) is 10.8. The third kappa shape index (κ3) is 2.92. The van der Waals surface area contributed by atoms with Crippen molar-refractivity contribution < 1.29 is 9.53 Å². The number of halogens is 1. The molecule has 0 saturated carbocycles. The average Bonchev–Trinajstić information content (AvgIpc) is 2.83. The molecule has 1 aromatic carbocycles. The van der Waals surface area contributed by atoms with E-state index in [1.165, 1.54) is 5.56 Å². The maximum atomic E-state index is 11.2. The molecule has 0 spiro atoms. The summed E-state index contributed by atoms with van der Waals surface area (Å²) >= 11 is 5.68. The number of carbonyl (C=O) groups is 1. The third-order valence-electron chi connectivity index (χ3n) is 2.54.